The maximum atomic E-state index is 12.9. The minimum Gasteiger partial charge on any atom is -0.493 e. The zero-order chi connectivity index (χ0) is 25.7. The molecular weight excluding hydrogens is 462 g/mol. The highest BCUT2D eigenvalue weighted by Gasteiger charge is 2.30. The van der Waals surface area contributed by atoms with Gasteiger partial charge in [-0.15, -0.1) is 0 Å². The van der Waals surface area contributed by atoms with E-state index >= 15 is 0 Å². The molecule has 0 aliphatic heterocycles. The largest absolute Gasteiger partial charge is 0.493 e. The summed E-state index contributed by atoms with van der Waals surface area (Å²) in [5.41, 5.74) is 3.63. The number of ether oxygens (including phenoxy) is 5. The van der Waals surface area contributed by atoms with Crippen LogP contribution in [0.5, 0.6) is 23.0 Å². The smallest absolute Gasteiger partial charge is 0.407 e. The van der Waals surface area contributed by atoms with Gasteiger partial charge in [0, 0.05) is 5.56 Å². The van der Waals surface area contributed by atoms with Crippen LogP contribution >= 0.6 is 0 Å². The van der Waals surface area contributed by atoms with Gasteiger partial charge in [-0.3, -0.25) is 4.79 Å². The van der Waals surface area contributed by atoms with Crippen molar-refractivity contribution < 1.29 is 28.5 Å². The molecular formula is C28H29NO7. The molecule has 8 heteroatoms. The Morgan fingerprint density at radius 3 is 2.28 bits per heavy atom. The number of rotatable bonds is 7. The Morgan fingerprint density at radius 1 is 0.889 bits per heavy atom. The topological polar surface area (TPSA) is 92.3 Å². The lowest BCUT2D eigenvalue weighted by molar-refractivity contribution is 0.135. The molecule has 0 saturated heterocycles. The van der Waals surface area contributed by atoms with Gasteiger partial charge in [-0.2, -0.15) is 0 Å². The standard InChI is InChI=1S/C28H29NO7/c1-32-23-13-11-19-20(15-22(23)30)21(29-28(31)36-16-17-8-6-5-7-9-17)12-10-18-14-24(33-2)26(34-3)27(35-4)25(18)19/h5-9,11,13-15,21H,10,12,16H2,1-4H3,(H,29,31). The first-order valence-electron chi connectivity index (χ1n) is 11.5. The molecule has 8 nitrogen and oxygen atoms in total. The van der Waals surface area contributed by atoms with E-state index in [0.717, 1.165) is 16.7 Å². The van der Waals surface area contributed by atoms with Gasteiger partial charge in [0.25, 0.3) is 0 Å². The number of benzene rings is 2. The highest BCUT2D eigenvalue weighted by atomic mass is 16.5. The van der Waals surface area contributed by atoms with Crippen molar-refractivity contribution in [2.75, 3.05) is 28.4 Å². The molecule has 1 aliphatic rings. The third-order valence-corrected chi connectivity index (χ3v) is 6.23. The SMILES string of the molecule is COc1cc2c(c(OC)c1OC)-c1ccc(OC)c(=O)cc1C(NC(=O)OCc1ccccc1)CC2. The third kappa shape index (κ3) is 4.93. The Kier molecular flexibility index (Phi) is 7.63. The second-order valence-electron chi connectivity index (χ2n) is 8.26. The lowest BCUT2D eigenvalue weighted by Gasteiger charge is -2.20. The van der Waals surface area contributed by atoms with E-state index in [1.54, 1.807) is 33.5 Å². The maximum absolute atomic E-state index is 12.9. The van der Waals surface area contributed by atoms with Crippen LogP contribution in [0.4, 0.5) is 4.79 Å². The first-order valence-corrected chi connectivity index (χ1v) is 11.5. The molecule has 1 unspecified atom stereocenters. The van der Waals surface area contributed by atoms with Crippen LogP contribution in [0.1, 0.15) is 29.2 Å². The summed E-state index contributed by atoms with van der Waals surface area (Å²) in [5.74, 6) is 1.65. The molecule has 0 aromatic heterocycles. The van der Waals surface area contributed by atoms with Crippen LogP contribution in [0.2, 0.25) is 0 Å². The molecule has 0 fully saturated rings. The van der Waals surface area contributed by atoms with Gasteiger partial charge < -0.3 is 29.0 Å². The van der Waals surface area contributed by atoms with Gasteiger partial charge in [0.2, 0.25) is 11.2 Å². The summed E-state index contributed by atoms with van der Waals surface area (Å²) < 4.78 is 27.7. The highest BCUT2D eigenvalue weighted by Crippen LogP contribution is 2.50. The number of aryl methyl sites for hydroxylation is 1. The summed E-state index contributed by atoms with van der Waals surface area (Å²) in [6.07, 6.45) is 0.526. The number of carbonyl (C=O) groups is 1. The molecule has 1 amide bonds. The molecule has 1 aliphatic carbocycles. The third-order valence-electron chi connectivity index (χ3n) is 6.23. The van der Waals surface area contributed by atoms with Crippen LogP contribution < -0.4 is 29.7 Å². The molecule has 0 saturated carbocycles. The van der Waals surface area contributed by atoms with Gasteiger partial charge in [-0.1, -0.05) is 36.4 Å². The quantitative estimate of drug-likeness (QED) is 0.514. The lowest BCUT2D eigenvalue weighted by atomic mass is 9.95. The Labute approximate surface area is 209 Å². The number of methoxy groups -OCH3 is 4. The number of hydrogen-bond acceptors (Lipinski definition) is 7. The van der Waals surface area contributed by atoms with E-state index < -0.39 is 12.1 Å². The Morgan fingerprint density at radius 2 is 1.61 bits per heavy atom. The van der Waals surface area contributed by atoms with Gasteiger partial charge in [0.15, 0.2) is 17.2 Å². The van der Waals surface area contributed by atoms with Crippen LogP contribution in [-0.2, 0) is 17.8 Å². The maximum Gasteiger partial charge on any atom is 0.407 e. The zero-order valence-electron chi connectivity index (χ0n) is 20.8. The second-order valence-corrected chi connectivity index (χ2v) is 8.26. The fourth-order valence-corrected chi connectivity index (χ4v) is 4.52. The van der Waals surface area contributed by atoms with Crippen LogP contribution in [-0.4, -0.2) is 34.5 Å². The number of nitrogens with one attached hydrogen (secondary N) is 1. The summed E-state index contributed by atoms with van der Waals surface area (Å²) in [5, 5.41) is 2.95. The average molecular weight is 492 g/mol. The van der Waals surface area contributed by atoms with Crippen molar-refractivity contribution in [2.24, 2.45) is 0 Å². The molecule has 0 heterocycles. The van der Waals surface area contributed by atoms with Gasteiger partial charge in [0.05, 0.1) is 34.5 Å². The highest BCUT2D eigenvalue weighted by molar-refractivity contribution is 5.83. The van der Waals surface area contributed by atoms with Crippen LogP contribution in [0.15, 0.2) is 59.4 Å². The van der Waals surface area contributed by atoms with Gasteiger partial charge in [-0.05, 0) is 53.3 Å². The van der Waals surface area contributed by atoms with Crippen molar-refractivity contribution in [3.8, 4) is 34.1 Å². The first kappa shape index (κ1) is 24.9. The predicted octanol–water partition coefficient (Wildman–Crippen LogP) is 4.66. The Balaban J connectivity index is 1.80. The van der Waals surface area contributed by atoms with E-state index in [2.05, 4.69) is 5.32 Å². The monoisotopic (exact) mass is 491 g/mol. The molecule has 3 aromatic carbocycles. The van der Waals surface area contributed by atoms with Crippen molar-refractivity contribution in [3.63, 3.8) is 0 Å². The molecule has 1 atom stereocenters. The summed E-state index contributed by atoms with van der Waals surface area (Å²) in [6, 6.07) is 15.8. The van der Waals surface area contributed by atoms with Crippen LogP contribution in [0.25, 0.3) is 11.1 Å². The van der Waals surface area contributed by atoms with Gasteiger partial charge in [0.1, 0.15) is 6.61 Å². The van der Waals surface area contributed by atoms with E-state index in [1.807, 2.05) is 36.4 Å². The summed E-state index contributed by atoms with van der Waals surface area (Å²) in [4.78, 5) is 25.7. The van der Waals surface area contributed by atoms with E-state index in [0.29, 0.717) is 41.2 Å². The van der Waals surface area contributed by atoms with Crippen molar-refractivity contribution in [1.29, 1.82) is 0 Å². The molecule has 1 N–H and O–H groups in total. The normalized spacial score (nSPS) is 13.9. The minimum absolute atomic E-state index is 0.137. The Hall–Kier alpha value is -4.20. The van der Waals surface area contributed by atoms with Crippen LogP contribution in [0.3, 0.4) is 0 Å². The van der Waals surface area contributed by atoms with Crippen LogP contribution in [0, 0.1) is 0 Å². The average Bonchev–Trinajstić information content (AvgIpc) is 3.15. The number of fused-ring (bicyclic) bond motifs is 3. The predicted molar refractivity (Wildman–Crippen MR) is 135 cm³/mol. The van der Waals surface area contributed by atoms with Crippen molar-refractivity contribution >= 4 is 6.09 Å². The lowest BCUT2D eigenvalue weighted by Crippen LogP contribution is -2.29. The zero-order valence-corrected chi connectivity index (χ0v) is 20.8. The van der Waals surface area contributed by atoms with E-state index in [1.165, 1.54) is 13.2 Å². The molecule has 36 heavy (non-hydrogen) atoms. The number of hydrogen-bond donors (Lipinski definition) is 1. The summed E-state index contributed by atoms with van der Waals surface area (Å²) >= 11 is 0. The number of amides is 1. The first-order chi connectivity index (χ1) is 17.5. The van der Waals surface area contributed by atoms with Crippen molar-refractivity contribution in [1.82, 2.24) is 5.32 Å². The molecule has 0 radical (unpaired) electrons. The van der Waals surface area contributed by atoms with Crippen molar-refractivity contribution in [3.05, 3.63) is 81.5 Å². The summed E-state index contributed by atoms with van der Waals surface area (Å²) in [7, 11) is 6.11. The number of alkyl carbamates (subject to hydrolysis) is 1. The molecule has 3 aromatic rings. The van der Waals surface area contributed by atoms with Gasteiger partial charge >= 0.3 is 6.09 Å². The van der Waals surface area contributed by atoms with E-state index in [-0.39, 0.29) is 17.8 Å². The minimum atomic E-state index is -0.575. The molecule has 0 spiro atoms. The Bertz CT molecular complexity index is 1310. The molecule has 188 valence electrons. The fraction of sp³-hybridized carbons (Fsp3) is 0.286. The van der Waals surface area contributed by atoms with Gasteiger partial charge in [-0.25, -0.2) is 4.79 Å². The molecule has 4 rings (SSSR count). The fourth-order valence-electron chi connectivity index (χ4n) is 4.52. The van der Waals surface area contributed by atoms with E-state index in [9.17, 15) is 9.59 Å². The second kappa shape index (κ2) is 11.0. The number of carbonyl (C=O) groups excluding carboxylic acids is 1. The van der Waals surface area contributed by atoms with E-state index in [4.69, 9.17) is 23.7 Å². The molecule has 0 bridgehead atoms. The summed E-state index contributed by atoms with van der Waals surface area (Å²) in [6.45, 7) is 0.137. The van der Waals surface area contributed by atoms with Crippen molar-refractivity contribution in [2.45, 2.75) is 25.5 Å².